The maximum Gasteiger partial charge on any atom is 0.419 e. The third kappa shape index (κ3) is 5.58. The highest BCUT2D eigenvalue weighted by Crippen LogP contribution is 2.36. The Morgan fingerprint density at radius 1 is 1.03 bits per heavy atom. The topological polar surface area (TPSA) is 83.0 Å². The Balaban J connectivity index is 1.64. The number of anilines is 3. The molecule has 3 aromatic rings. The number of nitrogens with zero attached hydrogens (tertiary/aromatic N) is 4. The van der Waals surface area contributed by atoms with E-state index in [-0.39, 0.29) is 17.6 Å². The summed E-state index contributed by atoms with van der Waals surface area (Å²) >= 11 is 0. The molecule has 0 atom stereocenters. The zero-order valence-corrected chi connectivity index (χ0v) is 22.3. The van der Waals surface area contributed by atoms with Crippen LogP contribution < -0.4 is 15.5 Å². The van der Waals surface area contributed by atoms with Gasteiger partial charge in [0.25, 0.3) is 0 Å². The molecular weight excluding hydrogens is 493 g/mol. The molecule has 2 aromatic heterocycles. The third-order valence-electron chi connectivity index (χ3n) is 6.93. The number of amides is 1. The van der Waals surface area contributed by atoms with Crippen molar-refractivity contribution in [3.05, 3.63) is 70.8 Å². The molecule has 0 spiro atoms. The number of hydrogen-bond acceptors (Lipinski definition) is 6. The lowest BCUT2D eigenvalue weighted by molar-refractivity contribution is -0.137. The van der Waals surface area contributed by atoms with Crippen LogP contribution in [0.5, 0.6) is 0 Å². The molecule has 0 unspecified atom stereocenters. The monoisotopic (exact) mass is 526 g/mol. The Morgan fingerprint density at radius 2 is 1.71 bits per heavy atom. The Hall–Kier alpha value is -3.69. The summed E-state index contributed by atoms with van der Waals surface area (Å²) < 4.78 is 41.0. The van der Waals surface area contributed by atoms with Crippen molar-refractivity contribution in [1.29, 1.82) is 0 Å². The Labute approximate surface area is 220 Å². The molecule has 38 heavy (non-hydrogen) atoms. The van der Waals surface area contributed by atoms with Crippen molar-refractivity contribution < 1.29 is 18.0 Å². The maximum absolute atomic E-state index is 13.7. The molecule has 3 heterocycles. The predicted molar refractivity (Wildman–Crippen MR) is 142 cm³/mol. The number of fused-ring (bicyclic) bond motifs is 1. The fraction of sp³-hybridized carbons (Fsp3) is 0.429. The van der Waals surface area contributed by atoms with Crippen LogP contribution in [-0.2, 0) is 29.2 Å². The zero-order valence-electron chi connectivity index (χ0n) is 22.3. The van der Waals surface area contributed by atoms with Gasteiger partial charge in [-0.1, -0.05) is 26.0 Å². The highest BCUT2D eigenvalue weighted by molar-refractivity contribution is 5.87. The summed E-state index contributed by atoms with van der Waals surface area (Å²) in [6.45, 7) is 8.47. The second kappa shape index (κ2) is 10.6. The quantitative estimate of drug-likeness (QED) is 0.449. The van der Waals surface area contributed by atoms with Crippen molar-refractivity contribution in [3.63, 3.8) is 0 Å². The van der Waals surface area contributed by atoms with E-state index in [2.05, 4.69) is 15.6 Å². The van der Waals surface area contributed by atoms with Crippen LogP contribution >= 0.6 is 0 Å². The minimum Gasteiger partial charge on any atom is -0.358 e. The van der Waals surface area contributed by atoms with Gasteiger partial charge in [-0.3, -0.25) is 4.79 Å². The van der Waals surface area contributed by atoms with Gasteiger partial charge in [0, 0.05) is 49.9 Å². The molecule has 4 rings (SSSR count). The van der Waals surface area contributed by atoms with Crippen molar-refractivity contribution in [2.24, 2.45) is 0 Å². The van der Waals surface area contributed by atoms with Gasteiger partial charge >= 0.3 is 6.18 Å². The molecule has 7 nitrogen and oxygen atoms in total. The van der Waals surface area contributed by atoms with E-state index in [0.29, 0.717) is 37.6 Å². The molecule has 0 aliphatic carbocycles. The molecule has 1 aliphatic rings. The van der Waals surface area contributed by atoms with Gasteiger partial charge in [0.15, 0.2) is 0 Å². The second-order valence-corrected chi connectivity index (χ2v) is 10.3. The first-order chi connectivity index (χ1) is 17.9. The van der Waals surface area contributed by atoms with Crippen LogP contribution in [0.3, 0.4) is 0 Å². The number of benzene rings is 1. The molecule has 0 radical (unpaired) electrons. The number of hydrogen-bond donors (Lipinski definition) is 2. The molecule has 0 saturated carbocycles. The molecule has 0 fully saturated rings. The molecular formula is C28H33F3N6O. The van der Waals surface area contributed by atoms with E-state index < -0.39 is 17.2 Å². The van der Waals surface area contributed by atoms with Crippen molar-refractivity contribution >= 4 is 23.2 Å². The first-order valence-corrected chi connectivity index (χ1v) is 12.7. The largest absolute Gasteiger partial charge is 0.419 e. The second-order valence-electron chi connectivity index (χ2n) is 10.3. The minimum atomic E-state index is -4.49. The highest BCUT2D eigenvalue weighted by Gasteiger charge is 2.36. The lowest BCUT2D eigenvalue weighted by Gasteiger charge is -2.24. The number of halogens is 3. The molecule has 0 saturated heterocycles. The van der Waals surface area contributed by atoms with E-state index in [1.807, 2.05) is 52.0 Å². The summed E-state index contributed by atoms with van der Waals surface area (Å²) in [6, 6.07) is 9.98. The van der Waals surface area contributed by atoms with Crippen LogP contribution in [0.1, 0.15) is 61.8 Å². The van der Waals surface area contributed by atoms with Gasteiger partial charge < -0.3 is 15.5 Å². The van der Waals surface area contributed by atoms with Crippen LogP contribution in [-0.4, -0.2) is 41.0 Å². The number of alkyl halides is 3. The summed E-state index contributed by atoms with van der Waals surface area (Å²) in [5.41, 5.74) is 1.96. The molecule has 1 aliphatic heterocycles. The van der Waals surface area contributed by atoms with Crippen molar-refractivity contribution in [1.82, 2.24) is 20.3 Å². The van der Waals surface area contributed by atoms with Gasteiger partial charge in [-0.2, -0.15) is 13.2 Å². The maximum atomic E-state index is 13.7. The number of rotatable bonds is 6. The van der Waals surface area contributed by atoms with Crippen molar-refractivity contribution in [2.75, 3.05) is 30.4 Å². The first kappa shape index (κ1) is 27.3. The van der Waals surface area contributed by atoms with Crippen molar-refractivity contribution in [3.8, 4) is 0 Å². The minimum absolute atomic E-state index is 0.0614. The van der Waals surface area contributed by atoms with Crippen LogP contribution in [0.15, 0.2) is 42.6 Å². The average Bonchev–Trinajstić information content (AvgIpc) is 3.11. The number of nitrogens with one attached hydrogen (secondary N) is 2. The molecule has 10 heteroatoms. The number of aromatic nitrogens is 3. The normalized spacial score (nSPS) is 14.2. The SMILES string of the molecule is CNC(=O)C(C)(C)c1ccc(Nc2nc(C(C)C)nc3c2CCN(c2ncccc2C(F)(F)F)CC3)cc1. The number of pyridine rings is 1. The van der Waals surface area contributed by atoms with Crippen LogP contribution in [0, 0.1) is 0 Å². The van der Waals surface area contributed by atoms with Gasteiger partial charge in [0.2, 0.25) is 5.91 Å². The van der Waals surface area contributed by atoms with E-state index in [9.17, 15) is 18.0 Å². The summed E-state index contributed by atoms with van der Waals surface area (Å²) in [5, 5.41) is 6.10. The van der Waals surface area contributed by atoms with E-state index >= 15 is 0 Å². The van der Waals surface area contributed by atoms with Gasteiger partial charge in [-0.05, 0) is 50.1 Å². The third-order valence-corrected chi connectivity index (χ3v) is 6.93. The Bertz CT molecular complexity index is 1300. The summed E-state index contributed by atoms with van der Waals surface area (Å²) in [6.07, 6.45) is -2.16. The zero-order chi connectivity index (χ0) is 27.7. The van der Waals surface area contributed by atoms with Crippen molar-refractivity contribution in [2.45, 2.75) is 58.0 Å². The standard InChI is InChI=1S/C28H33F3N6O/c1-17(2)23-35-22-13-16-37(25-21(28(29,30)31)7-6-14-33-25)15-12-20(22)24(36-23)34-19-10-8-18(9-11-19)27(3,4)26(38)32-5/h6-11,14,17H,12-13,15-16H2,1-5H3,(H,32,38)(H,34,35,36). The molecule has 202 valence electrons. The highest BCUT2D eigenvalue weighted by atomic mass is 19.4. The van der Waals surface area contributed by atoms with Crippen LogP contribution in [0.2, 0.25) is 0 Å². The van der Waals surface area contributed by atoms with Gasteiger partial charge in [-0.25, -0.2) is 15.0 Å². The first-order valence-electron chi connectivity index (χ1n) is 12.7. The van der Waals surface area contributed by atoms with Crippen LogP contribution in [0.4, 0.5) is 30.5 Å². The summed E-state index contributed by atoms with van der Waals surface area (Å²) in [7, 11) is 1.62. The lowest BCUT2D eigenvalue weighted by atomic mass is 9.83. The Kier molecular flexibility index (Phi) is 7.62. The number of carbonyl (C=O) groups excluding carboxylic acids is 1. The summed E-state index contributed by atoms with van der Waals surface area (Å²) in [5.74, 6) is 1.26. The summed E-state index contributed by atoms with van der Waals surface area (Å²) in [4.78, 5) is 27.6. The predicted octanol–water partition coefficient (Wildman–Crippen LogP) is 5.39. The molecule has 1 amide bonds. The van der Waals surface area contributed by atoms with Gasteiger partial charge in [0.05, 0.1) is 16.7 Å². The fourth-order valence-electron chi connectivity index (χ4n) is 4.61. The van der Waals surface area contributed by atoms with E-state index in [4.69, 9.17) is 9.97 Å². The molecule has 1 aromatic carbocycles. The molecule has 0 bridgehead atoms. The average molecular weight is 527 g/mol. The number of carbonyl (C=O) groups is 1. The van der Waals surface area contributed by atoms with E-state index in [1.165, 1.54) is 12.3 Å². The van der Waals surface area contributed by atoms with Crippen LogP contribution in [0.25, 0.3) is 0 Å². The lowest BCUT2D eigenvalue weighted by Crippen LogP contribution is -2.37. The van der Waals surface area contributed by atoms with Gasteiger partial charge in [0.1, 0.15) is 17.5 Å². The van der Waals surface area contributed by atoms with E-state index in [0.717, 1.165) is 28.6 Å². The molecule has 2 N–H and O–H groups in total. The fourth-order valence-corrected chi connectivity index (χ4v) is 4.61. The smallest absolute Gasteiger partial charge is 0.358 e. The Morgan fingerprint density at radius 3 is 2.34 bits per heavy atom. The van der Waals surface area contributed by atoms with Gasteiger partial charge in [-0.15, -0.1) is 0 Å². The number of likely N-dealkylation sites (N-methyl/N-ethyl adjacent to an activating group) is 1. The van der Waals surface area contributed by atoms with E-state index in [1.54, 1.807) is 11.9 Å².